The topological polar surface area (TPSA) is 75.4 Å². The molecule has 4 nitrogen and oxygen atoms in total. The molecule has 0 aliphatic heterocycles. The van der Waals surface area contributed by atoms with Crippen molar-refractivity contribution >= 4 is 18.3 Å². The van der Waals surface area contributed by atoms with Crippen LogP contribution < -0.4 is 11.1 Å². The largest absolute Gasteiger partial charge is 0.508 e. The van der Waals surface area contributed by atoms with Gasteiger partial charge in [0.2, 0.25) is 5.91 Å². The van der Waals surface area contributed by atoms with E-state index in [-0.39, 0.29) is 24.1 Å². The van der Waals surface area contributed by atoms with Crippen molar-refractivity contribution < 1.29 is 9.90 Å². The molecule has 0 radical (unpaired) electrons. The molecule has 0 aliphatic carbocycles. The molecule has 108 valence electrons. The summed E-state index contributed by atoms with van der Waals surface area (Å²) in [7, 11) is 0. The highest BCUT2D eigenvalue weighted by atomic mass is 35.5. The van der Waals surface area contributed by atoms with Crippen LogP contribution in [0, 0.1) is 0 Å². The number of carbonyl (C=O) groups excluding carboxylic acids is 1. The van der Waals surface area contributed by atoms with Gasteiger partial charge in [0, 0.05) is 6.54 Å². The zero-order chi connectivity index (χ0) is 13.6. The molecule has 1 rings (SSSR count). The van der Waals surface area contributed by atoms with E-state index in [1.54, 1.807) is 19.1 Å². The number of hydrogen-bond acceptors (Lipinski definition) is 3. The van der Waals surface area contributed by atoms with Gasteiger partial charge in [0.25, 0.3) is 0 Å². The summed E-state index contributed by atoms with van der Waals surface area (Å²) in [5, 5.41) is 12.0. The maximum absolute atomic E-state index is 11.8. The Bertz CT molecular complexity index is 391. The second kappa shape index (κ2) is 8.02. The van der Waals surface area contributed by atoms with Crippen LogP contribution in [0.25, 0.3) is 0 Å². The highest BCUT2D eigenvalue weighted by Gasteiger charge is 2.26. The summed E-state index contributed by atoms with van der Waals surface area (Å²) in [6, 6.07) is 6.97. The fraction of sp³-hybridized carbons (Fsp3) is 0.500. The molecule has 1 unspecified atom stereocenters. The zero-order valence-corrected chi connectivity index (χ0v) is 12.3. The fourth-order valence-electron chi connectivity index (χ4n) is 1.82. The molecule has 0 spiro atoms. The van der Waals surface area contributed by atoms with Crippen LogP contribution in [-0.4, -0.2) is 23.1 Å². The molecule has 4 N–H and O–H groups in total. The molecule has 0 aliphatic rings. The van der Waals surface area contributed by atoms with E-state index in [4.69, 9.17) is 10.8 Å². The van der Waals surface area contributed by atoms with Crippen molar-refractivity contribution in [3.63, 3.8) is 0 Å². The molecule has 1 amide bonds. The van der Waals surface area contributed by atoms with Crippen molar-refractivity contribution in [3.05, 3.63) is 29.8 Å². The third-order valence-electron chi connectivity index (χ3n) is 2.92. The first-order chi connectivity index (χ1) is 8.45. The van der Waals surface area contributed by atoms with Gasteiger partial charge in [0.15, 0.2) is 0 Å². The Hall–Kier alpha value is -1.26. The maximum Gasteiger partial charge on any atom is 0.239 e. The van der Waals surface area contributed by atoms with Crippen LogP contribution >= 0.6 is 12.4 Å². The normalized spacial score (nSPS) is 13.2. The highest BCUT2D eigenvalue weighted by Crippen LogP contribution is 2.10. The number of aromatic hydroxyl groups is 1. The zero-order valence-electron chi connectivity index (χ0n) is 11.5. The Balaban J connectivity index is 0.00000324. The summed E-state index contributed by atoms with van der Waals surface area (Å²) in [4.78, 5) is 11.8. The van der Waals surface area contributed by atoms with Crippen molar-refractivity contribution in [2.24, 2.45) is 5.73 Å². The van der Waals surface area contributed by atoms with Gasteiger partial charge in [-0.25, -0.2) is 0 Å². The van der Waals surface area contributed by atoms with E-state index in [9.17, 15) is 4.79 Å². The van der Waals surface area contributed by atoms with Crippen molar-refractivity contribution in [2.75, 3.05) is 6.54 Å². The summed E-state index contributed by atoms with van der Waals surface area (Å²) in [6.45, 7) is 4.32. The number of phenols is 1. The molecule has 0 heterocycles. The fourth-order valence-corrected chi connectivity index (χ4v) is 1.82. The van der Waals surface area contributed by atoms with Gasteiger partial charge in [-0.1, -0.05) is 25.5 Å². The molecular weight excluding hydrogens is 264 g/mol. The van der Waals surface area contributed by atoms with Gasteiger partial charge in [0.1, 0.15) is 5.75 Å². The Kier molecular flexibility index (Phi) is 7.49. The summed E-state index contributed by atoms with van der Waals surface area (Å²) in [5.41, 5.74) is 6.21. The first kappa shape index (κ1) is 17.7. The Morgan fingerprint density at radius 2 is 1.95 bits per heavy atom. The van der Waals surface area contributed by atoms with E-state index in [1.165, 1.54) is 0 Å². The van der Waals surface area contributed by atoms with Crippen LogP contribution in [0.4, 0.5) is 0 Å². The number of carbonyl (C=O) groups is 1. The summed E-state index contributed by atoms with van der Waals surface area (Å²) < 4.78 is 0. The number of hydrogen-bond donors (Lipinski definition) is 3. The molecule has 1 atom stereocenters. The van der Waals surface area contributed by atoms with E-state index in [0.29, 0.717) is 13.0 Å². The first-order valence-corrected chi connectivity index (χ1v) is 6.31. The minimum Gasteiger partial charge on any atom is -0.508 e. The number of rotatable bonds is 6. The standard InChI is InChI=1S/C14H22N2O2.ClH/c1-3-9-14(2,15)13(18)16-10-8-11-4-6-12(17)7-5-11;/h4-7,17H,3,8-10,15H2,1-2H3,(H,16,18);1H. The van der Waals surface area contributed by atoms with Crippen molar-refractivity contribution in [3.8, 4) is 5.75 Å². The van der Waals surface area contributed by atoms with Crippen molar-refractivity contribution in [1.82, 2.24) is 5.32 Å². The summed E-state index contributed by atoms with van der Waals surface area (Å²) in [6.07, 6.45) is 2.30. The number of nitrogens with two attached hydrogens (primary N) is 1. The minimum atomic E-state index is -0.788. The third-order valence-corrected chi connectivity index (χ3v) is 2.92. The molecular formula is C14H23ClN2O2. The van der Waals surface area contributed by atoms with Crippen molar-refractivity contribution in [1.29, 1.82) is 0 Å². The molecule has 0 saturated carbocycles. The van der Waals surface area contributed by atoms with E-state index in [0.717, 1.165) is 18.4 Å². The van der Waals surface area contributed by atoms with Crippen LogP contribution in [0.2, 0.25) is 0 Å². The third kappa shape index (κ3) is 5.94. The van der Waals surface area contributed by atoms with Gasteiger partial charge in [-0.15, -0.1) is 12.4 Å². The van der Waals surface area contributed by atoms with Crippen LogP contribution in [-0.2, 0) is 11.2 Å². The number of amides is 1. The lowest BCUT2D eigenvalue weighted by Gasteiger charge is -2.22. The van der Waals surface area contributed by atoms with Gasteiger partial charge in [-0.05, 0) is 37.5 Å². The Labute approximate surface area is 120 Å². The van der Waals surface area contributed by atoms with Gasteiger partial charge in [-0.2, -0.15) is 0 Å². The molecule has 0 bridgehead atoms. The van der Waals surface area contributed by atoms with E-state index in [1.807, 2.05) is 19.1 Å². The minimum absolute atomic E-state index is 0. The molecule has 1 aromatic carbocycles. The second-order valence-corrected chi connectivity index (χ2v) is 4.84. The maximum atomic E-state index is 11.8. The lowest BCUT2D eigenvalue weighted by Crippen LogP contribution is -2.51. The predicted octanol–water partition coefficient (Wildman–Crippen LogP) is 1.99. The average molecular weight is 287 g/mol. The van der Waals surface area contributed by atoms with E-state index in [2.05, 4.69) is 5.32 Å². The van der Waals surface area contributed by atoms with Gasteiger partial charge < -0.3 is 16.2 Å². The molecule has 0 fully saturated rings. The van der Waals surface area contributed by atoms with Gasteiger partial charge in [0.05, 0.1) is 5.54 Å². The van der Waals surface area contributed by atoms with E-state index >= 15 is 0 Å². The van der Waals surface area contributed by atoms with Crippen molar-refractivity contribution in [2.45, 2.75) is 38.6 Å². The quantitative estimate of drug-likeness (QED) is 0.749. The highest BCUT2D eigenvalue weighted by molar-refractivity contribution is 5.85. The van der Waals surface area contributed by atoms with E-state index < -0.39 is 5.54 Å². The van der Waals surface area contributed by atoms with Crippen LogP contribution in [0.3, 0.4) is 0 Å². The van der Waals surface area contributed by atoms with Crippen LogP contribution in [0.5, 0.6) is 5.75 Å². The predicted molar refractivity (Wildman–Crippen MR) is 79.6 cm³/mol. The SMILES string of the molecule is CCCC(C)(N)C(=O)NCCc1ccc(O)cc1.Cl. The molecule has 0 saturated heterocycles. The van der Waals surface area contributed by atoms with Gasteiger partial charge in [-0.3, -0.25) is 4.79 Å². The Morgan fingerprint density at radius 3 is 2.47 bits per heavy atom. The number of phenolic OH excluding ortho intramolecular Hbond substituents is 1. The smallest absolute Gasteiger partial charge is 0.239 e. The lowest BCUT2D eigenvalue weighted by molar-refractivity contribution is -0.126. The van der Waals surface area contributed by atoms with Crippen LogP contribution in [0.1, 0.15) is 32.3 Å². The second-order valence-electron chi connectivity index (χ2n) is 4.84. The molecule has 5 heteroatoms. The molecule has 1 aromatic rings. The number of benzene rings is 1. The first-order valence-electron chi connectivity index (χ1n) is 6.31. The number of nitrogens with one attached hydrogen (secondary N) is 1. The molecule has 0 aromatic heterocycles. The monoisotopic (exact) mass is 286 g/mol. The lowest BCUT2D eigenvalue weighted by atomic mass is 9.96. The summed E-state index contributed by atoms with van der Waals surface area (Å²) in [5.74, 6) is 0.142. The average Bonchev–Trinajstić information content (AvgIpc) is 2.31. The molecule has 19 heavy (non-hydrogen) atoms. The number of halogens is 1. The van der Waals surface area contributed by atoms with Gasteiger partial charge >= 0.3 is 0 Å². The van der Waals surface area contributed by atoms with Crippen LogP contribution in [0.15, 0.2) is 24.3 Å². The summed E-state index contributed by atoms with van der Waals surface area (Å²) >= 11 is 0. The Morgan fingerprint density at radius 1 is 1.37 bits per heavy atom.